The molecule has 0 aromatic carbocycles. The predicted octanol–water partition coefficient (Wildman–Crippen LogP) is 2.83. The Morgan fingerprint density at radius 3 is 2.40 bits per heavy atom. The Labute approximate surface area is 122 Å². The zero-order chi connectivity index (χ0) is 15.1. The van der Waals surface area contributed by atoms with Gasteiger partial charge in [0.05, 0.1) is 26.5 Å². The first-order valence-electron chi connectivity index (χ1n) is 7.23. The van der Waals surface area contributed by atoms with E-state index in [0.717, 1.165) is 18.7 Å². The molecule has 0 fully saturated rings. The smallest absolute Gasteiger partial charge is 0.240 e. The topological polar surface area (TPSA) is 56.3 Å². The fourth-order valence-electron chi connectivity index (χ4n) is 2.04. The second kappa shape index (κ2) is 8.04. The number of methoxy groups -OCH3 is 2. The Hall–Kier alpha value is -1.36. The predicted molar refractivity (Wildman–Crippen MR) is 80.2 cm³/mol. The minimum atomic E-state index is 0.128. The van der Waals surface area contributed by atoms with Gasteiger partial charge in [0.25, 0.3) is 0 Å². The van der Waals surface area contributed by atoms with Gasteiger partial charge in [-0.1, -0.05) is 27.7 Å². The Morgan fingerprint density at radius 2 is 1.90 bits per heavy atom. The largest absolute Gasteiger partial charge is 0.480 e. The van der Waals surface area contributed by atoms with Crippen molar-refractivity contribution in [2.24, 2.45) is 11.8 Å². The zero-order valence-corrected chi connectivity index (χ0v) is 13.4. The summed E-state index contributed by atoms with van der Waals surface area (Å²) in [4.78, 5) is 8.84. The highest BCUT2D eigenvalue weighted by atomic mass is 16.5. The van der Waals surface area contributed by atoms with E-state index in [1.807, 2.05) is 0 Å². The van der Waals surface area contributed by atoms with Gasteiger partial charge in [0.1, 0.15) is 5.69 Å². The average Bonchev–Trinajstić information content (AvgIpc) is 2.47. The van der Waals surface area contributed by atoms with Crippen molar-refractivity contribution < 1.29 is 9.47 Å². The van der Waals surface area contributed by atoms with E-state index >= 15 is 0 Å². The average molecular weight is 281 g/mol. The van der Waals surface area contributed by atoms with Crippen molar-refractivity contribution in [3.8, 4) is 11.8 Å². The molecule has 5 heteroatoms. The van der Waals surface area contributed by atoms with E-state index in [-0.39, 0.29) is 6.04 Å². The maximum Gasteiger partial charge on any atom is 0.240 e. The molecule has 1 aromatic heterocycles. The SMILES string of the molecule is CCCNC(c1ncc(OC)nc1OC)C(C)C(C)C. The first kappa shape index (κ1) is 16.7. The molecule has 1 aromatic rings. The number of nitrogens with zero attached hydrogens (tertiary/aromatic N) is 2. The van der Waals surface area contributed by atoms with Gasteiger partial charge in [0.2, 0.25) is 11.8 Å². The maximum absolute atomic E-state index is 5.39. The molecule has 0 bridgehead atoms. The standard InChI is InChI=1S/C15H27N3O2/c1-7-8-16-13(11(4)10(2)3)14-15(20-6)18-12(19-5)9-17-14/h9-11,13,16H,7-8H2,1-6H3. The van der Waals surface area contributed by atoms with Gasteiger partial charge in [0, 0.05) is 0 Å². The lowest BCUT2D eigenvalue weighted by molar-refractivity contribution is 0.282. The molecular formula is C15H27N3O2. The van der Waals surface area contributed by atoms with Crippen LogP contribution in [0.4, 0.5) is 0 Å². The molecule has 2 unspecified atom stereocenters. The van der Waals surface area contributed by atoms with Crippen LogP contribution in [0.5, 0.6) is 11.8 Å². The molecule has 5 nitrogen and oxygen atoms in total. The Balaban J connectivity index is 3.11. The summed E-state index contributed by atoms with van der Waals surface area (Å²) in [7, 11) is 3.19. The van der Waals surface area contributed by atoms with E-state index in [2.05, 4.69) is 43.0 Å². The fraction of sp³-hybridized carbons (Fsp3) is 0.733. The number of hydrogen-bond donors (Lipinski definition) is 1. The number of aromatic nitrogens is 2. The molecule has 0 amide bonds. The first-order chi connectivity index (χ1) is 9.54. The third kappa shape index (κ3) is 4.07. The monoisotopic (exact) mass is 281 g/mol. The van der Waals surface area contributed by atoms with E-state index in [4.69, 9.17) is 9.47 Å². The summed E-state index contributed by atoms with van der Waals surface area (Å²) in [6, 6.07) is 0.128. The van der Waals surface area contributed by atoms with E-state index in [9.17, 15) is 0 Å². The third-order valence-corrected chi connectivity index (χ3v) is 3.63. The third-order valence-electron chi connectivity index (χ3n) is 3.63. The van der Waals surface area contributed by atoms with Crippen LogP contribution in [0.15, 0.2) is 6.20 Å². The Morgan fingerprint density at radius 1 is 1.20 bits per heavy atom. The molecule has 0 saturated carbocycles. The molecule has 0 aliphatic carbocycles. The molecule has 0 aliphatic heterocycles. The molecule has 0 radical (unpaired) electrons. The Kier molecular flexibility index (Phi) is 6.71. The lowest BCUT2D eigenvalue weighted by atomic mass is 9.88. The van der Waals surface area contributed by atoms with Gasteiger partial charge in [-0.15, -0.1) is 0 Å². The van der Waals surface area contributed by atoms with Crippen molar-refractivity contribution in [1.29, 1.82) is 0 Å². The minimum Gasteiger partial charge on any atom is -0.480 e. The zero-order valence-electron chi connectivity index (χ0n) is 13.4. The van der Waals surface area contributed by atoms with Crippen LogP contribution in [0, 0.1) is 11.8 Å². The molecule has 0 saturated heterocycles. The molecule has 20 heavy (non-hydrogen) atoms. The van der Waals surface area contributed by atoms with Crippen LogP contribution in [0.2, 0.25) is 0 Å². The summed E-state index contributed by atoms with van der Waals surface area (Å²) >= 11 is 0. The molecule has 1 rings (SSSR count). The van der Waals surface area contributed by atoms with Crippen LogP contribution in [0.1, 0.15) is 45.9 Å². The highest BCUT2D eigenvalue weighted by molar-refractivity contribution is 5.26. The second-order valence-corrected chi connectivity index (χ2v) is 5.34. The van der Waals surface area contributed by atoms with Crippen molar-refractivity contribution in [3.63, 3.8) is 0 Å². The van der Waals surface area contributed by atoms with Crippen molar-refractivity contribution in [2.75, 3.05) is 20.8 Å². The maximum atomic E-state index is 5.39. The van der Waals surface area contributed by atoms with Crippen molar-refractivity contribution >= 4 is 0 Å². The van der Waals surface area contributed by atoms with Gasteiger partial charge in [0.15, 0.2) is 0 Å². The lowest BCUT2D eigenvalue weighted by Gasteiger charge is -2.28. The number of rotatable bonds is 8. The molecule has 114 valence electrons. The van der Waals surface area contributed by atoms with Crippen molar-refractivity contribution in [2.45, 2.75) is 40.2 Å². The normalized spacial score (nSPS) is 14.2. The first-order valence-corrected chi connectivity index (χ1v) is 7.23. The highest BCUT2D eigenvalue weighted by Gasteiger charge is 2.26. The molecule has 1 N–H and O–H groups in total. The summed E-state index contributed by atoms with van der Waals surface area (Å²) in [6.07, 6.45) is 2.72. The minimum absolute atomic E-state index is 0.128. The summed E-state index contributed by atoms with van der Waals surface area (Å²) in [6.45, 7) is 9.76. The highest BCUT2D eigenvalue weighted by Crippen LogP contribution is 2.32. The van der Waals surface area contributed by atoms with Crippen LogP contribution < -0.4 is 14.8 Å². The van der Waals surface area contributed by atoms with Crippen LogP contribution >= 0.6 is 0 Å². The van der Waals surface area contributed by atoms with Gasteiger partial charge in [-0.3, -0.25) is 0 Å². The fourth-order valence-corrected chi connectivity index (χ4v) is 2.04. The van der Waals surface area contributed by atoms with Gasteiger partial charge < -0.3 is 14.8 Å². The summed E-state index contributed by atoms with van der Waals surface area (Å²) in [5.74, 6) is 1.97. The van der Waals surface area contributed by atoms with E-state index in [1.54, 1.807) is 20.4 Å². The van der Waals surface area contributed by atoms with E-state index < -0.39 is 0 Å². The molecule has 0 aliphatic rings. The second-order valence-electron chi connectivity index (χ2n) is 5.34. The molecular weight excluding hydrogens is 254 g/mol. The number of nitrogens with one attached hydrogen (secondary N) is 1. The van der Waals surface area contributed by atoms with Crippen molar-refractivity contribution in [1.82, 2.24) is 15.3 Å². The van der Waals surface area contributed by atoms with E-state index in [1.165, 1.54) is 0 Å². The lowest BCUT2D eigenvalue weighted by Crippen LogP contribution is -2.31. The molecule has 0 spiro atoms. The van der Waals surface area contributed by atoms with Crippen LogP contribution in [-0.2, 0) is 0 Å². The van der Waals surface area contributed by atoms with E-state index in [0.29, 0.717) is 23.6 Å². The summed E-state index contributed by atoms with van der Waals surface area (Å²) in [5, 5.41) is 3.56. The van der Waals surface area contributed by atoms with Crippen molar-refractivity contribution in [3.05, 3.63) is 11.9 Å². The quantitative estimate of drug-likeness (QED) is 0.794. The van der Waals surface area contributed by atoms with Gasteiger partial charge in [-0.25, -0.2) is 4.98 Å². The van der Waals surface area contributed by atoms with Crippen LogP contribution in [0.25, 0.3) is 0 Å². The number of ether oxygens (including phenoxy) is 2. The van der Waals surface area contributed by atoms with Crippen LogP contribution in [0.3, 0.4) is 0 Å². The van der Waals surface area contributed by atoms with Crippen LogP contribution in [-0.4, -0.2) is 30.7 Å². The number of hydrogen-bond acceptors (Lipinski definition) is 5. The summed E-state index contributed by atoms with van der Waals surface area (Å²) in [5.41, 5.74) is 0.850. The van der Waals surface area contributed by atoms with Gasteiger partial charge >= 0.3 is 0 Å². The Bertz CT molecular complexity index is 410. The van der Waals surface area contributed by atoms with Gasteiger partial charge in [-0.2, -0.15) is 4.98 Å². The summed E-state index contributed by atoms with van der Waals surface area (Å²) < 4.78 is 10.5. The molecule has 2 atom stereocenters. The van der Waals surface area contributed by atoms with Gasteiger partial charge in [-0.05, 0) is 24.8 Å². The molecule has 1 heterocycles.